The van der Waals surface area contributed by atoms with Gasteiger partial charge in [0.25, 0.3) is 5.72 Å². The van der Waals surface area contributed by atoms with Crippen molar-refractivity contribution in [3.05, 3.63) is 76.9 Å². The van der Waals surface area contributed by atoms with Crippen molar-refractivity contribution in [1.29, 1.82) is 0 Å². The molecular weight excluding hydrogens is 592 g/mol. The van der Waals surface area contributed by atoms with Crippen LogP contribution in [0.2, 0.25) is 0 Å². The minimum absolute atomic E-state index is 0.0533. The molecule has 0 amide bonds. The Hall–Kier alpha value is -2.92. The molecule has 2 aromatic carbocycles. The highest BCUT2D eigenvalue weighted by Crippen LogP contribution is 2.47. The van der Waals surface area contributed by atoms with Crippen LogP contribution in [0, 0.1) is 5.82 Å². The number of rotatable bonds is 8. The fraction of sp³-hybridized carbons (Fsp3) is 0.391. The Balaban J connectivity index is 1.95. The van der Waals surface area contributed by atoms with Gasteiger partial charge in [0.1, 0.15) is 31.4 Å². The lowest BCUT2D eigenvalue weighted by atomic mass is 9.95. The van der Waals surface area contributed by atoms with Crippen molar-refractivity contribution in [3.8, 4) is 0 Å². The summed E-state index contributed by atoms with van der Waals surface area (Å²) < 4.78 is 124. The quantitative estimate of drug-likeness (QED) is 0.190. The van der Waals surface area contributed by atoms with Gasteiger partial charge in [-0.3, -0.25) is 9.62 Å². The summed E-state index contributed by atoms with van der Waals surface area (Å²) >= 11 is 0. The van der Waals surface area contributed by atoms with Gasteiger partial charge in [-0.2, -0.15) is 31.3 Å². The Bertz CT molecular complexity index is 1370. The highest BCUT2D eigenvalue weighted by molar-refractivity contribution is 7.46. The summed E-state index contributed by atoms with van der Waals surface area (Å²) in [5.41, 5.74) is -5.88. The molecule has 3 N–H and O–H groups in total. The third-order valence-electron chi connectivity index (χ3n) is 6.63. The second-order valence-corrected chi connectivity index (χ2v) is 10.5. The van der Waals surface area contributed by atoms with E-state index in [1.165, 1.54) is 18.5 Å². The molecule has 10 nitrogen and oxygen atoms in total. The first-order valence-electron chi connectivity index (χ1n) is 11.7. The first-order valence-corrected chi connectivity index (χ1v) is 13.2. The topological polar surface area (TPSA) is 127 Å². The van der Waals surface area contributed by atoms with Crippen molar-refractivity contribution in [2.75, 3.05) is 33.4 Å². The molecule has 3 atom stereocenters. The summed E-state index contributed by atoms with van der Waals surface area (Å²) in [5.74, 6) is -0.603. The predicted molar refractivity (Wildman–Crippen MR) is 126 cm³/mol. The number of alkyl halides is 6. The molecule has 1 aromatic heterocycles. The van der Waals surface area contributed by atoms with Crippen molar-refractivity contribution in [1.82, 2.24) is 19.7 Å². The summed E-state index contributed by atoms with van der Waals surface area (Å²) in [6, 6.07) is 5.25. The highest BCUT2D eigenvalue weighted by Gasteiger charge is 2.58. The Morgan fingerprint density at radius 1 is 1.10 bits per heavy atom. The SMILES string of the molecule is C[N+]1(c2nc[nH]n2)CCOC[C@@]1(O[C@H](COP(=O)(O)O)c1cc(C(F)(F)F)cc(C(F)(F)F)c1)c1ccc(F)cc1. The number of ether oxygens (including phenoxy) is 2. The molecule has 2 heterocycles. The van der Waals surface area contributed by atoms with Gasteiger partial charge in [-0.1, -0.05) is 5.10 Å². The molecule has 1 unspecified atom stereocenters. The minimum Gasteiger partial charge on any atom is -0.366 e. The van der Waals surface area contributed by atoms with Gasteiger partial charge >= 0.3 is 26.1 Å². The van der Waals surface area contributed by atoms with Gasteiger partial charge in [-0.05, 0) is 48.0 Å². The molecule has 0 radical (unpaired) electrons. The van der Waals surface area contributed by atoms with Crippen LogP contribution in [0.3, 0.4) is 0 Å². The maximum absolute atomic E-state index is 13.9. The number of aromatic nitrogens is 3. The van der Waals surface area contributed by atoms with Crippen molar-refractivity contribution < 1.29 is 59.1 Å². The lowest BCUT2D eigenvalue weighted by molar-refractivity contribution is -0.244. The Morgan fingerprint density at radius 2 is 1.71 bits per heavy atom. The number of phosphoric ester groups is 1. The van der Waals surface area contributed by atoms with Gasteiger partial charge in [0.15, 0.2) is 0 Å². The first-order chi connectivity index (χ1) is 18.9. The lowest BCUT2D eigenvalue weighted by Crippen LogP contribution is -2.69. The Labute approximate surface area is 227 Å². The number of likely N-dealkylation sites (N-methyl/N-ethyl adjacent to an activating group) is 1. The summed E-state index contributed by atoms with van der Waals surface area (Å²) in [6.45, 7) is -1.44. The van der Waals surface area contributed by atoms with Gasteiger partial charge in [0.2, 0.25) is 0 Å². The van der Waals surface area contributed by atoms with E-state index in [0.29, 0.717) is 12.1 Å². The number of benzene rings is 2. The van der Waals surface area contributed by atoms with E-state index < -0.39 is 72.2 Å². The predicted octanol–water partition coefficient (Wildman–Crippen LogP) is 4.67. The van der Waals surface area contributed by atoms with Crippen LogP contribution < -0.4 is 4.48 Å². The second kappa shape index (κ2) is 11.1. The number of nitrogens with one attached hydrogen (secondary N) is 1. The zero-order valence-corrected chi connectivity index (χ0v) is 21.9. The van der Waals surface area contributed by atoms with E-state index >= 15 is 0 Å². The van der Waals surface area contributed by atoms with Crippen molar-refractivity contribution >= 4 is 13.8 Å². The Morgan fingerprint density at radius 3 is 2.22 bits per heavy atom. The van der Waals surface area contributed by atoms with Gasteiger partial charge in [0.05, 0.1) is 31.4 Å². The van der Waals surface area contributed by atoms with Crippen molar-refractivity contribution in [3.63, 3.8) is 0 Å². The third-order valence-corrected chi connectivity index (χ3v) is 7.12. The number of phosphoric acid groups is 1. The molecule has 41 heavy (non-hydrogen) atoms. The molecule has 0 aliphatic carbocycles. The van der Waals surface area contributed by atoms with E-state index in [-0.39, 0.29) is 30.7 Å². The van der Waals surface area contributed by atoms with Crippen molar-refractivity contribution in [2.45, 2.75) is 24.2 Å². The van der Waals surface area contributed by atoms with Crippen LogP contribution in [-0.4, -0.2) is 58.4 Å². The van der Waals surface area contributed by atoms with Gasteiger partial charge in [-0.15, -0.1) is 0 Å². The number of aromatic amines is 1. The first kappa shape index (κ1) is 31.0. The number of hydrogen-bond donors (Lipinski definition) is 3. The van der Waals surface area contributed by atoms with E-state index in [1.807, 2.05) is 0 Å². The lowest BCUT2D eigenvalue weighted by Gasteiger charge is -2.51. The monoisotopic (exact) mass is 615 g/mol. The average Bonchev–Trinajstić information content (AvgIpc) is 3.42. The maximum Gasteiger partial charge on any atom is 0.469 e. The molecule has 1 aliphatic rings. The largest absolute Gasteiger partial charge is 0.469 e. The molecule has 224 valence electrons. The van der Waals surface area contributed by atoms with Crippen LogP contribution in [0.4, 0.5) is 36.7 Å². The normalized spacial score (nSPS) is 23.0. The van der Waals surface area contributed by atoms with Crippen LogP contribution in [0.25, 0.3) is 0 Å². The summed E-state index contributed by atoms with van der Waals surface area (Å²) in [6.07, 6.45) is -11.2. The smallest absolute Gasteiger partial charge is 0.366 e. The molecule has 4 rings (SSSR count). The fourth-order valence-electron chi connectivity index (χ4n) is 4.54. The molecule has 1 aliphatic heterocycles. The molecule has 0 spiro atoms. The van der Waals surface area contributed by atoms with E-state index in [2.05, 4.69) is 19.7 Å². The number of halogens is 7. The fourth-order valence-corrected chi connectivity index (χ4v) is 4.87. The molecule has 0 bridgehead atoms. The number of morpholine rings is 1. The molecule has 0 saturated carbocycles. The van der Waals surface area contributed by atoms with E-state index in [9.17, 15) is 45.1 Å². The van der Waals surface area contributed by atoms with Gasteiger partial charge in [0, 0.05) is 5.56 Å². The van der Waals surface area contributed by atoms with Gasteiger partial charge < -0.3 is 19.3 Å². The average molecular weight is 615 g/mol. The summed E-state index contributed by atoms with van der Waals surface area (Å²) in [4.78, 5) is 22.8. The van der Waals surface area contributed by atoms with E-state index in [4.69, 9.17) is 9.47 Å². The van der Waals surface area contributed by atoms with Gasteiger partial charge in [-0.25, -0.2) is 13.4 Å². The molecular formula is C23H23F7N4O6P+. The molecule has 1 saturated heterocycles. The zero-order valence-electron chi connectivity index (χ0n) is 21.0. The van der Waals surface area contributed by atoms with Crippen LogP contribution in [0.5, 0.6) is 0 Å². The van der Waals surface area contributed by atoms with Crippen molar-refractivity contribution in [2.24, 2.45) is 0 Å². The third kappa shape index (κ3) is 6.61. The number of H-pyrrole nitrogens is 1. The summed E-state index contributed by atoms with van der Waals surface area (Å²) in [5, 5.41) is 6.60. The van der Waals surface area contributed by atoms with Crippen LogP contribution in [0.1, 0.15) is 28.4 Å². The highest BCUT2D eigenvalue weighted by atomic mass is 31.2. The Kier molecular flexibility index (Phi) is 8.36. The summed E-state index contributed by atoms with van der Waals surface area (Å²) in [7, 11) is -3.76. The standard InChI is InChI=1S/C23H22F7N4O6P/c1-34(20-31-13-32-33-20)6-7-38-12-21(34,15-2-4-18(24)5-3-15)40-19(11-39-41(35,36)37)14-8-16(22(25,26)27)10-17(9-14)23(28,29)30/h2-5,8-10,13,19H,6-7,11-12H2,1H3,(H2-,31,32,33,35,36,37)/p+1/t19-,21-,34?/m1/s1. The number of nitrogens with zero attached hydrogens (tertiary/aromatic N) is 3. The van der Waals surface area contributed by atoms with Crippen LogP contribution in [-0.2, 0) is 36.6 Å². The minimum atomic E-state index is -5.30. The van der Waals surface area contributed by atoms with E-state index in [1.54, 1.807) is 7.05 Å². The maximum atomic E-state index is 13.9. The van der Waals surface area contributed by atoms with E-state index in [0.717, 1.165) is 12.1 Å². The number of hydrogen-bond acceptors (Lipinski definition) is 6. The van der Waals surface area contributed by atoms with Crippen LogP contribution in [0.15, 0.2) is 48.8 Å². The van der Waals surface area contributed by atoms with Crippen LogP contribution >= 0.6 is 7.82 Å². The number of quaternary nitrogens is 1. The molecule has 1 fully saturated rings. The molecule has 18 heteroatoms. The zero-order chi connectivity index (χ0) is 30.3. The molecule has 3 aromatic rings. The second-order valence-electron chi connectivity index (χ2n) is 9.29.